The molecule has 2 aliphatic rings. The largest absolute Gasteiger partial charge is 0.458 e. The van der Waals surface area contributed by atoms with Crippen molar-refractivity contribution in [1.82, 2.24) is 0 Å². The van der Waals surface area contributed by atoms with Gasteiger partial charge in [-0.2, -0.15) is 0 Å². The quantitative estimate of drug-likeness (QED) is 0.454. The molecule has 0 aliphatic heterocycles. The Morgan fingerprint density at radius 1 is 1.26 bits per heavy atom. The molecule has 2 aliphatic carbocycles. The molecule has 146 valence electrons. The molecule has 1 N–H and O–H groups in total. The lowest BCUT2D eigenvalue weighted by molar-refractivity contribution is -0.160. The van der Waals surface area contributed by atoms with E-state index in [-0.39, 0.29) is 29.3 Å². The maximum absolute atomic E-state index is 12.6. The lowest BCUT2D eigenvalue weighted by Crippen LogP contribution is -2.50. The number of rotatable bonds is 4. The van der Waals surface area contributed by atoms with Crippen molar-refractivity contribution in [3.05, 3.63) is 53.6 Å². The predicted octanol–water partition coefficient (Wildman–Crippen LogP) is 5.16. The Morgan fingerprint density at radius 2 is 1.96 bits per heavy atom. The van der Waals surface area contributed by atoms with Crippen LogP contribution < -0.4 is 0 Å². The van der Waals surface area contributed by atoms with E-state index in [0.29, 0.717) is 6.42 Å². The lowest BCUT2D eigenvalue weighted by Gasteiger charge is -2.43. The van der Waals surface area contributed by atoms with Gasteiger partial charge in [-0.15, -0.1) is 0 Å². The van der Waals surface area contributed by atoms with Crippen LogP contribution >= 0.6 is 0 Å². The number of hydrogen-bond acceptors (Lipinski definition) is 3. The summed E-state index contributed by atoms with van der Waals surface area (Å²) < 4.78 is 5.96. The maximum Gasteiger partial charge on any atom is 0.331 e. The minimum atomic E-state index is -0.790. The Morgan fingerprint density at radius 3 is 2.63 bits per heavy atom. The molecule has 0 saturated heterocycles. The molecule has 27 heavy (non-hydrogen) atoms. The molecule has 0 spiro atoms. The van der Waals surface area contributed by atoms with E-state index >= 15 is 0 Å². The van der Waals surface area contributed by atoms with E-state index in [0.717, 1.165) is 24.8 Å². The molecule has 3 heteroatoms. The number of benzene rings is 1. The number of esters is 1. The number of carbonyl (C=O) groups is 1. The molecule has 0 bridgehead atoms. The van der Waals surface area contributed by atoms with Gasteiger partial charge in [-0.3, -0.25) is 0 Å². The first-order valence-corrected chi connectivity index (χ1v) is 10.1. The third-order valence-corrected chi connectivity index (χ3v) is 6.68. The monoisotopic (exact) mass is 368 g/mol. The zero-order valence-corrected chi connectivity index (χ0v) is 16.9. The SMILES string of the molecule is CC1=CCC2(C)CCC(O)(C(C)C)C2C(OC(=O)C=Cc2ccccc2)C1. The van der Waals surface area contributed by atoms with Crippen LogP contribution in [0, 0.1) is 17.3 Å². The number of allylic oxidation sites excluding steroid dienone is 1. The fourth-order valence-corrected chi connectivity index (χ4v) is 5.00. The first-order chi connectivity index (χ1) is 12.7. The fraction of sp³-hybridized carbons (Fsp3) is 0.542. The molecular weight excluding hydrogens is 336 g/mol. The smallest absolute Gasteiger partial charge is 0.331 e. The third-order valence-electron chi connectivity index (χ3n) is 6.68. The van der Waals surface area contributed by atoms with Crippen molar-refractivity contribution >= 4 is 12.0 Å². The summed E-state index contributed by atoms with van der Waals surface area (Å²) in [5.41, 5.74) is 1.38. The topological polar surface area (TPSA) is 46.5 Å². The standard InChI is InChI=1S/C24H32O3/c1-17(2)24(26)15-14-23(4)13-12-18(3)16-20(22(23)24)27-21(25)11-10-19-8-6-5-7-9-19/h5-12,17,20,22,26H,13-16H2,1-4H3. The van der Waals surface area contributed by atoms with Gasteiger partial charge in [0.25, 0.3) is 0 Å². The second-order valence-electron chi connectivity index (χ2n) is 8.96. The van der Waals surface area contributed by atoms with E-state index in [1.54, 1.807) is 6.08 Å². The first kappa shape index (κ1) is 19.9. The van der Waals surface area contributed by atoms with E-state index in [1.165, 1.54) is 11.6 Å². The fourth-order valence-electron chi connectivity index (χ4n) is 5.00. The van der Waals surface area contributed by atoms with Gasteiger partial charge in [-0.25, -0.2) is 4.79 Å². The number of carbonyl (C=O) groups excluding carboxylic acids is 1. The highest BCUT2D eigenvalue weighted by Gasteiger charge is 2.59. The van der Waals surface area contributed by atoms with Crippen molar-refractivity contribution in [1.29, 1.82) is 0 Å². The van der Waals surface area contributed by atoms with Gasteiger partial charge in [0.05, 0.1) is 5.60 Å². The van der Waals surface area contributed by atoms with Crippen molar-refractivity contribution in [3.8, 4) is 0 Å². The van der Waals surface area contributed by atoms with Crippen LogP contribution in [-0.4, -0.2) is 22.8 Å². The molecule has 3 nitrogen and oxygen atoms in total. The molecule has 1 aromatic carbocycles. The van der Waals surface area contributed by atoms with Crippen molar-refractivity contribution in [2.75, 3.05) is 0 Å². The minimum absolute atomic E-state index is 0.0368. The van der Waals surface area contributed by atoms with Crippen LogP contribution in [0.3, 0.4) is 0 Å². The number of aliphatic hydroxyl groups is 1. The van der Waals surface area contributed by atoms with E-state index in [1.807, 2.05) is 30.3 Å². The predicted molar refractivity (Wildman–Crippen MR) is 109 cm³/mol. The summed E-state index contributed by atoms with van der Waals surface area (Å²) in [6, 6.07) is 9.74. The summed E-state index contributed by atoms with van der Waals surface area (Å²) in [6.45, 7) is 8.49. The molecule has 4 atom stereocenters. The van der Waals surface area contributed by atoms with Gasteiger partial charge in [-0.05, 0) is 49.2 Å². The summed E-state index contributed by atoms with van der Waals surface area (Å²) in [6.07, 6.45) is 8.62. The summed E-state index contributed by atoms with van der Waals surface area (Å²) >= 11 is 0. The van der Waals surface area contributed by atoms with Crippen LogP contribution in [0.5, 0.6) is 0 Å². The van der Waals surface area contributed by atoms with Crippen molar-refractivity contribution in [2.24, 2.45) is 17.3 Å². The minimum Gasteiger partial charge on any atom is -0.458 e. The molecule has 1 fully saturated rings. The van der Waals surface area contributed by atoms with Gasteiger partial charge >= 0.3 is 5.97 Å². The molecule has 0 radical (unpaired) electrons. The molecule has 0 heterocycles. The Labute approximate surface area is 163 Å². The highest BCUT2D eigenvalue weighted by molar-refractivity contribution is 5.87. The molecular formula is C24H32O3. The highest BCUT2D eigenvalue weighted by atomic mass is 16.5. The van der Waals surface area contributed by atoms with Gasteiger partial charge in [0.1, 0.15) is 6.10 Å². The zero-order chi connectivity index (χ0) is 19.7. The lowest BCUT2D eigenvalue weighted by atomic mass is 9.67. The number of ether oxygens (including phenoxy) is 1. The Balaban J connectivity index is 1.83. The molecule has 0 aromatic heterocycles. The van der Waals surface area contributed by atoms with Gasteiger partial charge in [0.2, 0.25) is 0 Å². The second-order valence-corrected chi connectivity index (χ2v) is 8.96. The Kier molecular flexibility index (Phi) is 5.62. The van der Waals surface area contributed by atoms with Crippen LogP contribution in [0.25, 0.3) is 6.08 Å². The van der Waals surface area contributed by atoms with Crippen LogP contribution in [-0.2, 0) is 9.53 Å². The third kappa shape index (κ3) is 4.03. The summed E-state index contributed by atoms with van der Waals surface area (Å²) in [5, 5.41) is 11.5. The first-order valence-electron chi connectivity index (χ1n) is 10.1. The van der Waals surface area contributed by atoms with E-state index in [9.17, 15) is 9.90 Å². The van der Waals surface area contributed by atoms with Crippen molar-refractivity contribution in [3.63, 3.8) is 0 Å². The van der Waals surface area contributed by atoms with Crippen LogP contribution in [0.15, 0.2) is 48.1 Å². The summed E-state index contributed by atoms with van der Waals surface area (Å²) in [7, 11) is 0. The highest BCUT2D eigenvalue weighted by Crippen LogP contribution is 2.58. The van der Waals surface area contributed by atoms with Gasteiger partial charge < -0.3 is 9.84 Å². The molecule has 4 unspecified atom stereocenters. The van der Waals surface area contributed by atoms with Crippen molar-refractivity contribution in [2.45, 2.75) is 65.1 Å². The van der Waals surface area contributed by atoms with Crippen LogP contribution in [0.2, 0.25) is 0 Å². The van der Waals surface area contributed by atoms with Crippen LogP contribution in [0.1, 0.15) is 58.9 Å². The van der Waals surface area contributed by atoms with Crippen LogP contribution in [0.4, 0.5) is 0 Å². The average Bonchev–Trinajstić information content (AvgIpc) is 2.84. The number of fused-ring (bicyclic) bond motifs is 1. The van der Waals surface area contributed by atoms with E-state index < -0.39 is 5.60 Å². The number of hydrogen-bond donors (Lipinski definition) is 1. The Bertz CT molecular complexity index is 733. The zero-order valence-electron chi connectivity index (χ0n) is 16.9. The van der Waals surface area contributed by atoms with E-state index in [2.05, 4.69) is 33.8 Å². The van der Waals surface area contributed by atoms with Gasteiger partial charge in [-0.1, -0.05) is 62.8 Å². The van der Waals surface area contributed by atoms with Crippen molar-refractivity contribution < 1.29 is 14.6 Å². The van der Waals surface area contributed by atoms with Gasteiger partial charge in [0, 0.05) is 18.4 Å². The molecule has 3 rings (SSSR count). The summed E-state index contributed by atoms with van der Waals surface area (Å²) in [5.74, 6) is -0.254. The molecule has 1 aromatic rings. The Hall–Kier alpha value is -1.87. The summed E-state index contributed by atoms with van der Waals surface area (Å²) in [4.78, 5) is 12.6. The second kappa shape index (κ2) is 7.63. The van der Waals surface area contributed by atoms with Gasteiger partial charge in [0.15, 0.2) is 0 Å². The maximum atomic E-state index is 12.6. The molecule has 0 amide bonds. The average molecular weight is 369 g/mol. The van der Waals surface area contributed by atoms with E-state index in [4.69, 9.17) is 4.74 Å². The molecule has 1 saturated carbocycles. The normalized spacial score (nSPS) is 33.6.